The predicted molar refractivity (Wildman–Crippen MR) is 304 cm³/mol. The van der Waals surface area contributed by atoms with Gasteiger partial charge in [-0.15, -0.1) is 53.6 Å². The van der Waals surface area contributed by atoms with Crippen molar-refractivity contribution in [1.29, 1.82) is 0 Å². The Morgan fingerprint density at radius 1 is 0.446 bits per heavy atom. The Bertz CT molecular complexity index is 3660. The van der Waals surface area contributed by atoms with Crippen LogP contribution in [0.4, 0.5) is 22.7 Å². The molecule has 0 saturated heterocycles. The molecule has 0 N–H and O–H groups in total. The number of benzene rings is 8. The van der Waals surface area contributed by atoms with Crippen LogP contribution in [-0.2, 0) is 42.7 Å². The Kier molecular flexibility index (Phi) is 13.1. The maximum Gasteiger partial charge on any atom is 0.135 e. The standard InChI is InChI=1S/C68H63N4O.Pt/c1-65(2,3)50-30-33-61-63(41-50)71(45-70(61)54-37-47(46-22-14-11-15-23-46)36-52(38-54)67(7,8)48-24-16-12-17-25-48)55-39-53(68(9,10)49-26-18-13-19-27-49)40-57(43-55)73-56-31-32-59-58-28-20-21-29-60(58)72(62(59)44-56)64-42-51(34-35-69-64)66(4,5)6;/h11-42,45H,1-10H3;/q-3;. The summed E-state index contributed by atoms with van der Waals surface area (Å²) < 4.78 is 9.28. The molecule has 374 valence electrons. The van der Waals surface area contributed by atoms with E-state index < -0.39 is 5.41 Å². The van der Waals surface area contributed by atoms with Gasteiger partial charge >= 0.3 is 0 Å². The van der Waals surface area contributed by atoms with Gasteiger partial charge in [-0.3, -0.25) is 0 Å². The molecule has 0 aliphatic carbocycles. The molecule has 2 aromatic heterocycles. The van der Waals surface area contributed by atoms with Crippen molar-refractivity contribution in [2.45, 2.75) is 90.9 Å². The zero-order valence-corrected chi connectivity index (χ0v) is 46.3. The van der Waals surface area contributed by atoms with Gasteiger partial charge in [0.1, 0.15) is 5.82 Å². The fourth-order valence-electron chi connectivity index (χ4n) is 10.3. The minimum absolute atomic E-state index is 0. The molecule has 5 nitrogen and oxygen atoms in total. The monoisotopic (exact) mass is 1150 g/mol. The van der Waals surface area contributed by atoms with Crippen molar-refractivity contribution < 1.29 is 25.8 Å². The summed E-state index contributed by atoms with van der Waals surface area (Å²) in [5, 5.41) is 2.22. The third-order valence-corrected chi connectivity index (χ3v) is 15.0. The normalized spacial score (nSPS) is 13.1. The van der Waals surface area contributed by atoms with Gasteiger partial charge in [0.2, 0.25) is 0 Å². The summed E-state index contributed by atoms with van der Waals surface area (Å²) in [4.78, 5) is 9.59. The second-order valence-corrected chi connectivity index (χ2v) is 22.7. The molecule has 1 aliphatic rings. The Morgan fingerprint density at radius 3 is 1.72 bits per heavy atom. The quantitative estimate of drug-likeness (QED) is 0.128. The second kappa shape index (κ2) is 19.3. The first-order chi connectivity index (χ1) is 34.9. The smallest absolute Gasteiger partial charge is 0.135 e. The topological polar surface area (TPSA) is 33.5 Å². The zero-order valence-electron chi connectivity index (χ0n) is 44.1. The molecule has 0 fully saturated rings. The third-order valence-electron chi connectivity index (χ3n) is 15.0. The largest absolute Gasteiger partial charge is 0.509 e. The summed E-state index contributed by atoms with van der Waals surface area (Å²) in [6.07, 6.45) is 1.91. The number of nitrogens with zero attached hydrogens (tertiary/aromatic N) is 4. The first kappa shape index (κ1) is 50.3. The number of anilines is 4. The number of aromatic nitrogens is 2. The van der Waals surface area contributed by atoms with Crippen molar-refractivity contribution in [3.05, 3.63) is 246 Å². The van der Waals surface area contributed by atoms with Crippen LogP contribution in [0.5, 0.6) is 11.5 Å². The van der Waals surface area contributed by atoms with Crippen molar-refractivity contribution in [3.63, 3.8) is 0 Å². The van der Waals surface area contributed by atoms with Gasteiger partial charge in [0.05, 0.1) is 0 Å². The summed E-state index contributed by atoms with van der Waals surface area (Å²) in [5.74, 6) is 2.04. The van der Waals surface area contributed by atoms with Crippen LogP contribution in [0, 0.1) is 18.8 Å². The summed E-state index contributed by atoms with van der Waals surface area (Å²) in [6, 6.07) is 75.3. The van der Waals surface area contributed by atoms with Gasteiger partial charge < -0.3 is 19.1 Å². The molecule has 3 heterocycles. The molecule has 0 amide bonds. The summed E-state index contributed by atoms with van der Waals surface area (Å²) in [5.41, 5.74) is 14.8. The van der Waals surface area contributed by atoms with Crippen molar-refractivity contribution in [1.82, 2.24) is 9.55 Å². The van der Waals surface area contributed by atoms with Crippen LogP contribution in [0.25, 0.3) is 38.8 Å². The molecule has 11 rings (SSSR count). The number of para-hydroxylation sites is 1. The van der Waals surface area contributed by atoms with Crippen LogP contribution < -0.4 is 14.5 Å². The molecule has 0 bridgehead atoms. The van der Waals surface area contributed by atoms with Gasteiger partial charge in [-0.05, 0) is 103 Å². The minimum Gasteiger partial charge on any atom is -0.509 e. The molecule has 8 aromatic carbocycles. The average Bonchev–Trinajstić information content (AvgIpc) is 3.94. The van der Waals surface area contributed by atoms with E-state index >= 15 is 0 Å². The SMILES string of the molecule is CC(C)(C)c1ccnc(-n2c3[c-]c(Oc4[c-]c(N5[CH-]N(c6cc(-c7ccccc7)cc(C(C)(C)c7ccccc7)c6)c6ccc(C(C)(C)C)cc65)cc(C(C)(C)c5ccccc5)c4)ccc3c3ccccc32)c1.[Pt]. The van der Waals surface area contributed by atoms with Crippen LogP contribution in [0.3, 0.4) is 0 Å². The van der Waals surface area contributed by atoms with Crippen molar-refractivity contribution in [2.24, 2.45) is 0 Å². The molecule has 0 spiro atoms. The first-order valence-corrected chi connectivity index (χ1v) is 25.5. The fraction of sp³-hybridized carbons (Fsp3) is 0.206. The number of fused-ring (bicyclic) bond motifs is 4. The molecule has 6 heteroatoms. The number of rotatable bonds is 10. The molecule has 10 aromatic rings. The predicted octanol–water partition coefficient (Wildman–Crippen LogP) is 17.9. The third kappa shape index (κ3) is 9.37. The Hall–Kier alpha value is -7.20. The van der Waals surface area contributed by atoms with Gasteiger partial charge in [0, 0.05) is 66.8 Å². The molecule has 1 aliphatic heterocycles. The van der Waals surface area contributed by atoms with Crippen LogP contribution in [0.1, 0.15) is 103 Å². The number of hydrogen-bond donors (Lipinski definition) is 0. The van der Waals surface area contributed by atoms with Crippen LogP contribution >= 0.6 is 0 Å². The van der Waals surface area contributed by atoms with Crippen molar-refractivity contribution in [2.75, 3.05) is 9.80 Å². The first-order valence-electron chi connectivity index (χ1n) is 25.5. The molecule has 0 saturated carbocycles. The molecule has 0 unspecified atom stereocenters. The Morgan fingerprint density at radius 2 is 1.05 bits per heavy atom. The number of pyridine rings is 1. The van der Waals surface area contributed by atoms with Gasteiger partial charge in [0.15, 0.2) is 0 Å². The van der Waals surface area contributed by atoms with Crippen molar-refractivity contribution in [3.8, 4) is 28.4 Å². The number of ether oxygens (including phenoxy) is 1. The van der Waals surface area contributed by atoms with Crippen LogP contribution in [-0.4, -0.2) is 9.55 Å². The second-order valence-electron chi connectivity index (χ2n) is 22.7. The maximum atomic E-state index is 7.06. The summed E-state index contributed by atoms with van der Waals surface area (Å²) in [6.45, 7) is 25.0. The molecule has 74 heavy (non-hydrogen) atoms. The van der Waals surface area contributed by atoms with E-state index in [-0.39, 0.29) is 37.3 Å². The van der Waals surface area contributed by atoms with E-state index in [2.05, 4.69) is 284 Å². The molecule has 0 radical (unpaired) electrons. The summed E-state index contributed by atoms with van der Waals surface area (Å²) in [7, 11) is 0. The van der Waals surface area contributed by atoms with E-state index in [1.54, 1.807) is 0 Å². The maximum absolute atomic E-state index is 7.06. The summed E-state index contributed by atoms with van der Waals surface area (Å²) >= 11 is 0. The van der Waals surface area contributed by atoms with E-state index in [0.29, 0.717) is 11.5 Å². The van der Waals surface area contributed by atoms with Crippen LogP contribution in [0.2, 0.25) is 0 Å². The molecular formula is C68H63N4OPt-3. The van der Waals surface area contributed by atoms with Gasteiger partial charge in [-0.2, -0.15) is 6.07 Å². The Balaban J connectivity index is 0.00000626. The number of hydrogen-bond acceptors (Lipinski definition) is 4. The van der Waals surface area contributed by atoms with Gasteiger partial charge in [-0.25, -0.2) is 4.98 Å². The average molecular weight is 1150 g/mol. The van der Waals surface area contributed by atoms with Gasteiger partial charge in [0.25, 0.3) is 0 Å². The van der Waals surface area contributed by atoms with E-state index in [1.807, 2.05) is 12.3 Å². The van der Waals surface area contributed by atoms with Crippen LogP contribution in [0.15, 0.2) is 194 Å². The van der Waals surface area contributed by atoms with E-state index in [4.69, 9.17) is 9.72 Å². The molecular weight excluding hydrogens is 1080 g/mol. The fourth-order valence-corrected chi connectivity index (χ4v) is 10.3. The van der Waals surface area contributed by atoms with Crippen molar-refractivity contribution >= 4 is 44.6 Å². The van der Waals surface area contributed by atoms with E-state index in [9.17, 15) is 0 Å². The zero-order chi connectivity index (χ0) is 50.9. The molecule has 0 atom stereocenters. The Labute approximate surface area is 452 Å². The van der Waals surface area contributed by atoms with E-state index in [1.165, 1.54) is 33.4 Å². The minimum atomic E-state index is -0.398. The van der Waals surface area contributed by atoms with Gasteiger partial charge in [-0.1, -0.05) is 196 Å². The van der Waals surface area contributed by atoms with E-state index in [0.717, 1.165) is 61.5 Å².